The molecular weight excluding hydrogens is 1120 g/mol. The number of nitrogens with one attached hydrogen (secondary N) is 3. The highest BCUT2D eigenvalue weighted by atomic mass is 32.2. The number of carbonyl (C=O) groups is 4. The summed E-state index contributed by atoms with van der Waals surface area (Å²) in [5, 5.41) is 27.9. The summed E-state index contributed by atoms with van der Waals surface area (Å²) in [6.07, 6.45) is 19.6. The molecule has 6 heterocycles. The number of imide groups is 2. The van der Waals surface area contributed by atoms with Crippen molar-refractivity contribution in [2.75, 3.05) is 19.8 Å². The molecule has 3 aromatic carbocycles. The third-order valence-electron chi connectivity index (χ3n) is 22.4. The van der Waals surface area contributed by atoms with E-state index in [9.17, 15) is 29.4 Å². The number of thioether (sulfide) groups is 2. The molecule has 464 valence electrons. The van der Waals surface area contributed by atoms with Crippen LogP contribution in [0.2, 0.25) is 0 Å². The van der Waals surface area contributed by atoms with E-state index in [-0.39, 0.29) is 44.6 Å². The summed E-state index contributed by atoms with van der Waals surface area (Å²) in [5.41, 5.74) is 8.49. The van der Waals surface area contributed by atoms with Crippen molar-refractivity contribution in [1.82, 2.24) is 20.9 Å². The fraction of sp³-hybridized carbons (Fsp3) is 0.614. The van der Waals surface area contributed by atoms with E-state index in [4.69, 9.17) is 18.9 Å². The lowest BCUT2D eigenvalue weighted by Gasteiger charge is -2.61. The van der Waals surface area contributed by atoms with Gasteiger partial charge < -0.3 is 29.2 Å². The Balaban J connectivity index is 0.000000135. The number of fused-ring (bicyclic) bond motifs is 8. The number of aliphatic hydroxyl groups is 1. The number of hydrogen-bond donors (Lipinski definition) is 5. The van der Waals surface area contributed by atoms with E-state index < -0.39 is 5.60 Å². The standard InChI is InChI=1S/C27H45NO2.C24H27NO5S.C19H20N2O3S/c1-16-7-12-27(28-15-16)17(2)24-23(30-27)14-22-20-6-5-18-13-19(29)8-10-25(18,3)21(20)9-11-26(22,24)4;1-13-14(2)21-18(15(3)20(13)26)9-10-24(4,30-21)12-29-17-7-5-16(6-8-17)11-19-22(27)25-23(28)31-19;1-2-13-3-6-15(20-12-13)9-10-24-16-7-4-14(5-8-16)11-17-18(22)21-19(23)25-17/h16-24,28-29H,5-15H2,1-4H3;5-8,19,26H,9-12H2,1-4H3,(H,25,27,28);3-8,12,17H,2,9-11H2,1H3,(H,21,22,23)/t16-,17-,18-,19-,20+,21-,22-,23-,24-,25-,26-,27-;;/m0../s1. The minimum atomic E-state index is -0.467. The maximum absolute atomic E-state index is 11.7. The van der Waals surface area contributed by atoms with Gasteiger partial charge in [0.2, 0.25) is 11.8 Å². The zero-order valence-electron chi connectivity index (χ0n) is 52.1. The molecule has 16 heteroatoms. The number of phenolic OH excluding ortho intramolecular Hbond substituents is 1. The van der Waals surface area contributed by atoms with E-state index in [1.165, 1.54) is 56.9 Å². The quantitative estimate of drug-likeness (QED) is 0.0899. The van der Waals surface area contributed by atoms with Gasteiger partial charge >= 0.3 is 0 Å². The Morgan fingerprint density at radius 1 is 0.709 bits per heavy atom. The number of hydrogen-bond acceptors (Lipinski definition) is 14. The maximum Gasteiger partial charge on any atom is 0.286 e. The fourth-order valence-corrected chi connectivity index (χ4v) is 18.8. The van der Waals surface area contributed by atoms with Crippen LogP contribution >= 0.6 is 23.5 Å². The lowest BCUT2D eigenvalue weighted by molar-refractivity contribution is -0.140. The molecule has 9 aliphatic rings. The lowest BCUT2D eigenvalue weighted by atomic mass is 9.44. The molecule has 86 heavy (non-hydrogen) atoms. The Morgan fingerprint density at radius 2 is 1.35 bits per heavy atom. The van der Waals surface area contributed by atoms with Gasteiger partial charge in [0.15, 0.2) is 0 Å². The summed E-state index contributed by atoms with van der Waals surface area (Å²) in [5.74, 6) is 7.87. The second kappa shape index (κ2) is 25.4. The highest BCUT2D eigenvalue weighted by Gasteiger charge is 2.68. The average molecular weight is 1210 g/mol. The number of aromatic hydroxyl groups is 1. The van der Waals surface area contributed by atoms with Crippen LogP contribution in [-0.4, -0.2) is 91.3 Å². The number of nitrogens with zero attached hydrogens (tertiary/aromatic N) is 1. The van der Waals surface area contributed by atoms with Crippen molar-refractivity contribution in [2.24, 2.45) is 52.3 Å². The van der Waals surface area contributed by atoms with Gasteiger partial charge in [0.05, 0.1) is 29.3 Å². The predicted octanol–water partition coefficient (Wildman–Crippen LogP) is 12.9. The molecule has 1 spiro atoms. The first-order chi connectivity index (χ1) is 41.1. The molecule has 4 aliphatic carbocycles. The smallest absolute Gasteiger partial charge is 0.286 e. The van der Waals surface area contributed by atoms with E-state index >= 15 is 0 Å². The van der Waals surface area contributed by atoms with E-state index in [0.717, 1.165) is 160 Å². The molecule has 4 saturated heterocycles. The molecule has 15 atom stereocenters. The SMILES string of the molecule is CCc1ccc(CCOc2ccc(CC3SC(=O)NC3=O)cc2)nc1.C[C@H]1CC[C@]2(NC1)O[C@H]1C[C@H]3[C@@H]4CC[C@H]5C[C@@H](O)CC[C@]5(C)[C@H]4CC[C@]3(C)[C@H]1[C@@H]2C.Cc1c(C)c2c(c(C)c1O)CCC(C)(COc1ccc(CC3SC(=O)NC3=O)cc1)O2. The number of ether oxygens (including phenoxy) is 4. The van der Waals surface area contributed by atoms with Gasteiger partial charge in [-0.2, -0.15) is 0 Å². The van der Waals surface area contributed by atoms with Crippen molar-refractivity contribution in [3.63, 3.8) is 0 Å². The third-order valence-corrected chi connectivity index (χ3v) is 24.4. The number of aromatic nitrogens is 1. The number of piperidine rings is 1. The summed E-state index contributed by atoms with van der Waals surface area (Å²) in [4.78, 5) is 50.2. The normalized spacial score (nSPS) is 34.8. The van der Waals surface area contributed by atoms with Gasteiger partial charge in [-0.1, -0.05) is 88.5 Å². The van der Waals surface area contributed by atoms with Gasteiger partial charge in [0.1, 0.15) is 40.9 Å². The summed E-state index contributed by atoms with van der Waals surface area (Å²) in [6.45, 7) is 22.3. The minimum Gasteiger partial charge on any atom is -0.507 e. The number of carbonyl (C=O) groups excluding carboxylic acids is 4. The minimum absolute atomic E-state index is 0.0319. The van der Waals surface area contributed by atoms with Crippen LogP contribution in [0.15, 0.2) is 66.9 Å². The zero-order valence-corrected chi connectivity index (χ0v) is 53.7. The molecule has 13 rings (SSSR count). The van der Waals surface area contributed by atoms with Crippen LogP contribution in [0.1, 0.15) is 157 Å². The van der Waals surface area contributed by atoms with Crippen molar-refractivity contribution in [3.8, 4) is 23.0 Å². The van der Waals surface area contributed by atoms with Crippen LogP contribution in [0.25, 0.3) is 0 Å². The highest BCUT2D eigenvalue weighted by molar-refractivity contribution is 8.15. The Kier molecular flexibility index (Phi) is 18.4. The molecule has 4 aromatic rings. The number of benzene rings is 3. The van der Waals surface area contributed by atoms with Crippen molar-refractivity contribution in [3.05, 3.63) is 111 Å². The number of phenols is 1. The van der Waals surface area contributed by atoms with E-state index in [1.807, 2.05) is 88.5 Å². The predicted molar refractivity (Wildman–Crippen MR) is 338 cm³/mol. The van der Waals surface area contributed by atoms with E-state index in [0.29, 0.717) is 54.7 Å². The third kappa shape index (κ3) is 12.7. The summed E-state index contributed by atoms with van der Waals surface area (Å²) in [7, 11) is 0. The topological polar surface area (TPSA) is 195 Å². The maximum atomic E-state index is 11.7. The average Bonchev–Trinajstić information content (AvgIpc) is 1.50. The molecule has 4 amide bonds. The zero-order chi connectivity index (χ0) is 60.9. The van der Waals surface area contributed by atoms with Crippen LogP contribution in [0.3, 0.4) is 0 Å². The molecule has 8 fully saturated rings. The van der Waals surface area contributed by atoms with Gasteiger partial charge in [0.25, 0.3) is 10.5 Å². The Bertz CT molecular complexity index is 3130. The van der Waals surface area contributed by atoms with Crippen molar-refractivity contribution in [2.45, 2.75) is 199 Å². The largest absolute Gasteiger partial charge is 0.507 e. The monoisotopic (exact) mass is 1210 g/mol. The Morgan fingerprint density at radius 3 is 1.94 bits per heavy atom. The van der Waals surface area contributed by atoms with E-state index in [1.54, 1.807) is 0 Å². The van der Waals surface area contributed by atoms with Crippen LogP contribution in [-0.2, 0) is 46.4 Å². The molecule has 0 bridgehead atoms. The first-order valence-electron chi connectivity index (χ1n) is 32.1. The van der Waals surface area contributed by atoms with Gasteiger partial charge in [-0.3, -0.25) is 40.1 Å². The van der Waals surface area contributed by atoms with Crippen molar-refractivity contribution >= 4 is 45.8 Å². The molecule has 1 aromatic heterocycles. The molecule has 5 aliphatic heterocycles. The van der Waals surface area contributed by atoms with Crippen LogP contribution in [0.4, 0.5) is 9.59 Å². The van der Waals surface area contributed by atoms with Crippen molar-refractivity contribution in [1.29, 1.82) is 0 Å². The van der Waals surface area contributed by atoms with Crippen LogP contribution in [0, 0.1) is 73.0 Å². The Hall–Kier alpha value is -5.13. The first-order valence-corrected chi connectivity index (χ1v) is 33.8. The van der Waals surface area contributed by atoms with Gasteiger partial charge in [0, 0.05) is 36.3 Å². The number of rotatable bonds is 12. The second-order valence-electron chi connectivity index (χ2n) is 27.7. The van der Waals surface area contributed by atoms with Crippen LogP contribution in [0.5, 0.6) is 23.0 Å². The summed E-state index contributed by atoms with van der Waals surface area (Å²) < 4.78 is 25.2. The number of pyridine rings is 1. The summed E-state index contributed by atoms with van der Waals surface area (Å²) >= 11 is 2.09. The molecule has 5 N–H and O–H groups in total. The van der Waals surface area contributed by atoms with Gasteiger partial charge in [-0.05, 0) is 234 Å². The molecule has 0 radical (unpaired) electrons. The van der Waals surface area contributed by atoms with Gasteiger partial charge in [-0.25, -0.2) is 0 Å². The number of amides is 4. The first kappa shape index (κ1) is 62.5. The lowest BCUT2D eigenvalue weighted by Crippen LogP contribution is -2.57. The van der Waals surface area contributed by atoms with Crippen molar-refractivity contribution < 1.29 is 48.3 Å². The number of aliphatic hydroxyl groups excluding tert-OH is 1. The molecular formula is C70H92N4O10S2. The number of aryl methyl sites for hydroxylation is 1. The fourth-order valence-electron chi connectivity index (χ4n) is 17.1. The Labute approximate surface area is 518 Å². The van der Waals surface area contributed by atoms with Gasteiger partial charge in [-0.15, -0.1) is 0 Å². The molecule has 3 unspecified atom stereocenters. The van der Waals surface area contributed by atoms with E-state index in [2.05, 4.69) is 61.6 Å². The second-order valence-corrected chi connectivity index (χ2v) is 30.0. The molecule has 4 saturated carbocycles. The highest BCUT2D eigenvalue weighted by Crippen LogP contribution is 2.71. The summed E-state index contributed by atoms with van der Waals surface area (Å²) in [6, 6.07) is 19.4. The van der Waals surface area contributed by atoms with Crippen LogP contribution < -0.4 is 30.2 Å². The molecule has 14 nitrogen and oxygen atoms in total.